The highest BCUT2D eigenvalue weighted by Gasteiger charge is 2.46. The molecule has 0 saturated heterocycles. The molecule has 3 heterocycles. The van der Waals surface area contributed by atoms with Gasteiger partial charge < -0.3 is 19.0 Å². The first-order valence-corrected chi connectivity index (χ1v) is 22.5. The molecule has 3 aliphatic rings. The van der Waals surface area contributed by atoms with Gasteiger partial charge in [-0.05, 0) is 108 Å². The number of nitrogens with zero attached hydrogens (tertiary/aromatic N) is 2. The van der Waals surface area contributed by atoms with E-state index in [4.69, 9.17) is 9.15 Å². The smallest absolute Gasteiger partial charge is 0.141 e. The maximum atomic E-state index is 6.92. The number of rotatable bonds is 6. The average Bonchev–Trinajstić information content (AvgIpc) is 3.71. The predicted octanol–water partition coefficient (Wildman–Crippen LogP) is 16.1. The molecule has 1 aliphatic carbocycles. The van der Waals surface area contributed by atoms with Crippen LogP contribution in [-0.2, 0) is 10.8 Å². The third-order valence-electron chi connectivity index (χ3n) is 14.1. The molecule has 0 fully saturated rings. The number of ether oxygens (including phenoxy) is 1. The van der Waals surface area contributed by atoms with Crippen LogP contribution in [0, 0.1) is 12.8 Å². The van der Waals surface area contributed by atoms with Crippen molar-refractivity contribution in [3.8, 4) is 11.5 Å². The lowest BCUT2D eigenvalue weighted by Crippen LogP contribution is -2.34. The highest BCUT2D eigenvalue weighted by atomic mass is 16.5. The summed E-state index contributed by atoms with van der Waals surface area (Å²) in [6, 6.07) is 66.0. The largest absolute Gasteiger partial charge is 0.457 e. The standard InChI is InChI=1S/C60H48N2O2/c1-39-18-8-13-25-50(39)62(51-26-14-9-19-40(51)2)44-34-36-52-49(38-44)59(3,4)57-53(37-35-46-45-22-10-15-27-54(45)64-58(46)57)61(52)43-32-30-42(31-33-43)60(41-20-6-5-7-21-41)47-23-11-16-28-55(47)63-56-29-17-12-24-48(56)60/h5-18,20-38,40H,19H2,1-4H3. The molecule has 0 saturated carbocycles. The van der Waals surface area contributed by atoms with Crippen LogP contribution in [0.15, 0.2) is 210 Å². The van der Waals surface area contributed by atoms with Crippen LogP contribution in [0.3, 0.4) is 0 Å². The Morgan fingerprint density at radius 1 is 0.609 bits per heavy atom. The lowest BCUT2D eigenvalue weighted by atomic mass is 9.63. The minimum atomic E-state index is -0.612. The van der Waals surface area contributed by atoms with Crippen molar-refractivity contribution < 1.29 is 9.15 Å². The van der Waals surface area contributed by atoms with E-state index in [9.17, 15) is 0 Å². The number of hydrogen-bond acceptors (Lipinski definition) is 4. The van der Waals surface area contributed by atoms with Crippen molar-refractivity contribution in [3.63, 3.8) is 0 Å². The van der Waals surface area contributed by atoms with Crippen LogP contribution in [0.1, 0.15) is 66.1 Å². The summed E-state index contributed by atoms with van der Waals surface area (Å²) in [4.78, 5) is 4.95. The van der Waals surface area contributed by atoms with Gasteiger partial charge in [0.15, 0.2) is 0 Å². The summed E-state index contributed by atoms with van der Waals surface area (Å²) in [7, 11) is 0. The first kappa shape index (κ1) is 38.1. The monoisotopic (exact) mass is 828 g/mol. The average molecular weight is 829 g/mol. The van der Waals surface area contributed by atoms with Gasteiger partial charge in [-0.15, -0.1) is 0 Å². The zero-order chi connectivity index (χ0) is 43.2. The molecule has 0 spiro atoms. The van der Waals surface area contributed by atoms with Crippen LogP contribution in [-0.4, -0.2) is 0 Å². The van der Waals surface area contributed by atoms with Gasteiger partial charge in [0.05, 0.1) is 16.8 Å². The van der Waals surface area contributed by atoms with Gasteiger partial charge in [0.1, 0.15) is 22.7 Å². The van der Waals surface area contributed by atoms with E-state index < -0.39 is 10.8 Å². The minimum Gasteiger partial charge on any atom is -0.457 e. The number of para-hydroxylation sites is 4. The fourth-order valence-electron chi connectivity index (χ4n) is 11.1. The SMILES string of the molecule is Cc1ccccc1N(C1=CC=CCC1C)c1ccc2c(c1)C(C)(C)c1c(ccc3c1oc1ccccc13)N2c1ccc(C2(c3ccccc3)c3ccccc3Oc3ccccc32)cc1. The predicted molar refractivity (Wildman–Crippen MR) is 263 cm³/mol. The van der Waals surface area contributed by atoms with Crippen molar-refractivity contribution >= 4 is 50.4 Å². The number of anilines is 5. The van der Waals surface area contributed by atoms with Gasteiger partial charge in [0, 0.05) is 61.6 Å². The number of fused-ring (bicyclic) bond motifs is 8. The summed E-state index contributed by atoms with van der Waals surface area (Å²) in [5, 5.41) is 2.26. The van der Waals surface area contributed by atoms with E-state index in [0.717, 1.165) is 73.7 Å². The summed E-state index contributed by atoms with van der Waals surface area (Å²) >= 11 is 0. The molecule has 4 heteroatoms. The van der Waals surface area contributed by atoms with Crippen molar-refractivity contribution in [2.45, 2.75) is 44.9 Å². The molecule has 1 unspecified atom stereocenters. The molecular weight excluding hydrogens is 781 g/mol. The summed E-state index contributed by atoms with van der Waals surface area (Å²) in [6.45, 7) is 9.29. The van der Waals surface area contributed by atoms with Crippen molar-refractivity contribution in [3.05, 3.63) is 245 Å². The van der Waals surface area contributed by atoms with Gasteiger partial charge in [-0.3, -0.25) is 0 Å². The Balaban J connectivity index is 1.09. The molecule has 1 atom stereocenters. The van der Waals surface area contributed by atoms with Gasteiger partial charge in [0.25, 0.3) is 0 Å². The molecule has 310 valence electrons. The Bertz CT molecular complexity index is 3310. The summed E-state index contributed by atoms with van der Waals surface area (Å²) in [5.74, 6) is 2.10. The minimum absolute atomic E-state index is 0.355. The van der Waals surface area contributed by atoms with Gasteiger partial charge in [-0.25, -0.2) is 0 Å². The molecule has 1 aromatic heterocycles. The molecule has 9 aromatic rings. The van der Waals surface area contributed by atoms with Crippen molar-refractivity contribution in [2.24, 2.45) is 5.92 Å². The van der Waals surface area contributed by atoms with Crippen LogP contribution in [0.5, 0.6) is 11.5 Å². The van der Waals surface area contributed by atoms with Gasteiger partial charge in [-0.1, -0.05) is 148 Å². The maximum Gasteiger partial charge on any atom is 0.141 e. The van der Waals surface area contributed by atoms with E-state index in [0.29, 0.717) is 5.92 Å². The third kappa shape index (κ3) is 5.55. The molecule has 0 bridgehead atoms. The highest BCUT2D eigenvalue weighted by Crippen LogP contribution is 2.58. The van der Waals surface area contributed by atoms with E-state index in [-0.39, 0.29) is 0 Å². The lowest BCUT2D eigenvalue weighted by molar-refractivity contribution is 0.434. The maximum absolute atomic E-state index is 6.92. The van der Waals surface area contributed by atoms with Crippen molar-refractivity contribution in [2.75, 3.05) is 9.80 Å². The molecular formula is C60H48N2O2. The zero-order valence-electron chi connectivity index (χ0n) is 36.5. The van der Waals surface area contributed by atoms with E-state index in [1.54, 1.807) is 0 Å². The summed E-state index contributed by atoms with van der Waals surface area (Å²) in [6.07, 6.45) is 7.79. The molecule has 0 amide bonds. The van der Waals surface area contributed by atoms with Crippen molar-refractivity contribution in [1.82, 2.24) is 0 Å². The number of aryl methyl sites for hydroxylation is 1. The van der Waals surface area contributed by atoms with Crippen LogP contribution < -0.4 is 14.5 Å². The Morgan fingerprint density at radius 3 is 2.02 bits per heavy atom. The van der Waals surface area contributed by atoms with Crippen LogP contribution in [0.4, 0.5) is 28.4 Å². The number of benzene rings is 8. The van der Waals surface area contributed by atoms with Gasteiger partial charge >= 0.3 is 0 Å². The lowest BCUT2D eigenvalue weighted by Gasteiger charge is -2.43. The van der Waals surface area contributed by atoms with Gasteiger partial charge in [0.2, 0.25) is 0 Å². The molecule has 8 aromatic carbocycles. The van der Waals surface area contributed by atoms with Crippen LogP contribution in [0.25, 0.3) is 21.9 Å². The summed E-state index contributed by atoms with van der Waals surface area (Å²) in [5.41, 5.74) is 16.0. The van der Waals surface area contributed by atoms with E-state index >= 15 is 0 Å². The van der Waals surface area contributed by atoms with E-state index in [1.807, 2.05) is 0 Å². The Labute approximate surface area is 375 Å². The number of allylic oxidation sites excluding steroid dienone is 4. The van der Waals surface area contributed by atoms with E-state index in [2.05, 4.69) is 238 Å². The topological polar surface area (TPSA) is 28.9 Å². The molecule has 4 nitrogen and oxygen atoms in total. The fraction of sp³-hybridized carbons (Fsp3) is 0.133. The first-order chi connectivity index (χ1) is 31.3. The van der Waals surface area contributed by atoms with Crippen LogP contribution >= 0.6 is 0 Å². The fourth-order valence-corrected chi connectivity index (χ4v) is 11.1. The Morgan fingerprint density at radius 2 is 1.27 bits per heavy atom. The molecule has 64 heavy (non-hydrogen) atoms. The molecule has 2 aliphatic heterocycles. The normalized spacial score (nSPS) is 16.6. The number of hydrogen-bond donors (Lipinski definition) is 0. The Kier molecular flexibility index (Phi) is 8.64. The van der Waals surface area contributed by atoms with Crippen molar-refractivity contribution in [1.29, 1.82) is 0 Å². The highest BCUT2D eigenvalue weighted by molar-refractivity contribution is 6.09. The second-order valence-corrected chi connectivity index (χ2v) is 18.1. The molecule has 0 radical (unpaired) electrons. The van der Waals surface area contributed by atoms with Crippen LogP contribution in [0.2, 0.25) is 0 Å². The second-order valence-electron chi connectivity index (χ2n) is 18.1. The van der Waals surface area contributed by atoms with E-state index in [1.165, 1.54) is 39.2 Å². The molecule has 12 rings (SSSR count). The molecule has 0 N–H and O–H groups in total. The third-order valence-corrected chi connectivity index (χ3v) is 14.1. The quantitative estimate of drug-likeness (QED) is 0.167. The first-order valence-electron chi connectivity index (χ1n) is 22.5. The summed E-state index contributed by atoms with van der Waals surface area (Å²) < 4.78 is 13.5. The zero-order valence-corrected chi connectivity index (χ0v) is 36.5. The van der Waals surface area contributed by atoms with Gasteiger partial charge in [-0.2, -0.15) is 0 Å². The second kappa shape index (κ2) is 14.5. The Hall–Kier alpha value is -7.56. The number of furan rings is 1.